The van der Waals surface area contributed by atoms with Crippen molar-refractivity contribution in [3.8, 4) is 0 Å². The Morgan fingerprint density at radius 1 is 1.13 bits per heavy atom. The lowest BCUT2D eigenvalue weighted by molar-refractivity contribution is -0.145. The Kier molecular flexibility index (Phi) is 4.55. The van der Waals surface area contributed by atoms with E-state index in [1.54, 1.807) is 30.3 Å². The molecule has 0 unspecified atom stereocenters. The molecule has 2 aromatic carbocycles. The predicted molar refractivity (Wildman–Crippen MR) is 91.8 cm³/mol. The Morgan fingerprint density at radius 2 is 1.83 bits per heavy atom. The van der Waals surface area contributed by atoms with Crippen LogP contribution in [0.15, 0.2) is 53.0 Å². The number of halogens is 2. The number of carbonyl (C=O) groups is 2. The minimum atomic E-state index is -0.609. The molecule has 2 aromatic rings. The van der Waals surface area contributed by atoms with Gasteiger partial charge in [-0.2, -0.15) is 0 Å². The fourth-order valence-electron chi connectivity index (χ4n) is 2.52. The molecule has 3 nitrogen and oxygen atoms in total. The number of ether oxygens (including phenoxy) is 1. The van der Waals surface area contributed by atoms with Crippen LogP contribution in [0.25, 0.3) is 0 Å². The van der Waals surface area contributed by atoms with Gasteiger partial charge in [0, 0.05) is 15.1 Å². The molecule has 118 valence electrons. The number of ketones is 1. The molecule has 5 heteroatoms. The molecule has 0 aliphatic heterocycles. The van der Waals surface area contributed by atoms with Crippen molar-refractivity contribution < 1.29 is 14.3 Å². The van der Waals surface area contributed by atoms with Crippen LogP contribution in [0.5, 0.6) is 0 Å². The van der Waals surface area contributed by atoms with E-state index >= 15 is 0 Å². The van der Waals surface area contributed by atoms with E-state index in [4.69, 9.17) is 16.3 Å². The summed E-state index contributed by atoms with van der Waals surface area (Å²) < 4.78 is 6.09. The van der Waals surface area contributed by atoms with Gasteiger partial charge in [-0.3, -0.25) is 9.59 Å². The zero-order chi connectivity index (χ0) is 16.4. The molecule has 3 rings (SSSR count). The number of carbonyl (C=O) groups excluding carboxylic acids is 2. The molecular formula is C18H14BrClO3. The lowest BCUT2D eigenvalue weighted by Gasteiger charge is -2.14. The maximum absolute atomic E-state index is 12.4. The van der Waals surface area contributed by atoms with Crippen LogP contribution in [0, 0.1) is 0 Å². The Labute approximate surface area is 147 Å². The molecule has 0 heterocycles. The molecule has 0 bridgehead atoms. The highest BCUT2D eigenvalue weighted by Gasteiger charge is 2.52. The quantitative estimate of drug-likeness (QED) is 0.552. The van der Waals surface area contributed by atoms with E-state index in [9.17, 15) is 9.59 Å². The monoisotopic (exact) mass is 392 g/mol. The number of rotatable bonds is 5. The van der Waals surface area contributed by atoms with Gasteiger partial charge in [0.25, 0.3) is 0 Å². The molecular weight excluding hydrogens is 380 g/mol. The average Bonchev–Trinajstić information content (AvgIpc) is 3.35. The van der Waals surface area contributed by atoms with E-state index in [0.29, 0.717) is 10.6 Å². The molecule has 0 aromatic heterocycles. The van der Waals surface area contributed by atoms with Crippen molar-refractivity contribution >= 4 is 39.3 Å². The van der Waals surface area contributed by atoms with Crippen molar-refractivity contribution in [2.75, 3.05) is 6.61 Å². The van der Waals surface area contributed by atoms with Crippen molar-refractivity contribution in [1.29, 1.82) is 0 Å². The molecule has 1 fully saturated rings. The van der Waals surface area contributed by atoms with E-state index in [-0.39, 0.29) is 18.4 Å². The number of Topliss-reactive ketones (excluding diaryl/α,β-unsaturated/α-hetero) is 1. The minimum Gasteiger partial charge on any atom is -0.457 e. The summed E-state index contributed by atoms with van der Waals surface area (Å²) in [6, 6.07) is 14.2. The lowest BCUT2D eigenvalue weighted by atomic mass is 9.96. The van der Waals surface area contributed by atoms with E-state index in [1.807, 2.05) is 18.2 Å². The fourth-order valence-corrected chi connectivity index (χ4v) is 3.04. The summed E-state index contributed by atoms with van der Waals surface area (Å²) in [5.41, 5.74) is 0.799. The number of benzene rings is 2. The molecule has 0 saturated heterocycles. The van der Waals surface area contributed by atoms with E-state index < -0.39 is 5.41 Å². The summed E-state index contributed by atoms with van der Waals surface area (Å²) in [7, 11) is 0. The average molecular weight is 394 g/mol. The summed E-state index contributed by atoms with van der Waals surface area (Å²) >= 11 is 9.20. The van der Waals surface area contributed by atoms with Crippen molar-refractivity contribution in [2.24, 2.45) is 0 Å². The summed E-state index contributed by atoms with van der Waals surface area (Å²) in [5.74, 6) is -0.560. The highest BCUT2D eigenvalue weighted by Crippen LogP contribution is 2.49. The van der Waals surface area contributed by atoms with Gasteiger partial charge in [-0.25, -0.2) is 0 Å². The van der Waals surface area contributed by atoms with Crippen molar-refractivity contribution in [1.82, 2.24) is 0 Å². The van der Waals surface area contributed by atoms with Gasteiger partial charge in [0.2, 0.25) is 0 Å². The fraction of sp³-hybridized carbons (Fsp3) is 0.222. The predicted octanol–water partition coefficient (Wildman–Crippen LogP) is 4.56. The zero-order valence-corrected chi connectivity index (χ0v) is 14.6. The van der Waals surface area contributed by atoms with Gasteiger partial charge in [-0.05, 0) is 42.7 Å². The summed E-state index contributed by atoms with van der Waals surface area (Å²) in [6.45, 7) is -0.245. The summed E-state index contributed by atoms with van der Waals surface area (Å²) in [4.78, 5) is 24.5. The molecule has 0 radical (unpaired) electrons. The van der Waals surface area contributed by atoms with Gasteiger partial charge >= 0.3 is 5.97 Å². The Balaban J connectivity index is 1.65. The third kappa shape index (κ3) is 3.48. The first kappa shape index (κ1) is 16.2. The third-order valence-electron chi connectivity index (χ3n) is 4.02. The second-order valence-corrected chi connectivity index (χ2v) is 6.95. The minimum absolute atomic E-state index is 0.216. The highest BCUT2D eigenvalue weighted by atomic mass is 79.9. The second-order valence-electron chi connectivity index (χ2n) is 5.60. The first-order chi connectivity index (χ1) is 11.0. The van der Waals surface area contributed by atoms with E-state index in [1.165, 1.54) is 0 Å². The smallest absolute Gasteiger partial charge is 0.317 e. The van der Waals surface area contributed by atoms with Gasteiger partial charge in [0.1, 0.15) is 0 Å². The first-order valence-electron chi connectivity index (χ1n) is 7.23. The number of hydrogen-bond acceptors (Lipinski definition) is 3. The van der Waals surface area contributed by atoms with Gasteiger partial charge in [0.15, 0.2) is 12.4 Å². The molecule has 23 heavy (non-hydrogen) atoms. The zero-order valence-electron chi connectivity index (χ0n) is 12.2. The van der Waals surface area contributed by atoms with Crippen LogP contribution >= 0.6 is 27.5 Å². The SMILES string of the molecule is O=C(COC(=O)C1(c2ccc(Cl)cc2)CC1)c1cccc(Br)c1. The summed E-state index contributed by atoms with van der Waals surface area (Å²) in [5, 5.41) is 0.628. The maximum Gasteiger partial charge on any atom is 0.317 e. The van der Waals surface area contributed by atoms with Gasteiger partial charge in [-0.15, -0.1) is 0 Å². The van der Waals surface area contributed by atoms with Crippen molar-refractivity contribution in [3.05, 3.63) is 69.2 Å². The van der Waals surface area contributed by atoms with Crippen LogP contribution in [0.3, 0.4) is 0 Å². The topological polar surface area (TPSA) is 43.4 Å². The largest absolute Gasteiger partial charge is 0.457 e. The molecule has 1 saturated carbocycles. The standard InChI is InChI=1S/C18H14BrClO3/c19-14-3-1-2-12(10-14)16(21)11-23-17(22)18(8-9-18)13-4-6-15(20)7-5-13/h1-7,10H,8-9,11H2. The van der Waals surface area contributed by atoms with Gasteiger partial charge < -0.3 is 4.74 Å². The lowest BCUT2D eigenvalue weighted by Crippen LogP contribution is -2.25. The van der Waals surface area contributed by atoms with Crippen LogP contribution < -0.4 is 0 Å². The summed E-state index contributed by atoms with van der Waals surface area (Å²) in [6.07, 6.45) is 1.47. The number of esters is 1. The Morgan fingerprint density at radius 3 is 2.43 bits per heavy atom. The Bertz CT molecular complexity index is 751. The van der Waals surface area contributed by atoms with Crippen LogP contribution in [0.2, 0.25) is 5.02 Å². The van der Waals surface area contributed by atoms with Crippen molar-refractivity contribution in [3.63, 3.8) is 0 Å². The Hall–Kier alpha value is -1.65. The molecule has 0 spiro atoms. The van der Waals surface area contributed by atoms with E-state index in [2.05, 4.69) is 15.9 Å². The normalized spacial score (nSPS) is 15.0. The molecule has 0 atom stereocenters. The number of hydrogen-bond donors (Lipinski definition) is 0. The van der Waals surface area contributed by atoms with Crippen LogP contribution in [0.1, 0.15) is 28.8 Å². The highest BCUT2D eigenvalue weighted by molar-refractivity contribution is 9.10. The molecule has 0 amide bonds. The van der Waals surface area contributed by atoms with Crippen molar-refractivity contribution in [2.45, 2.75) is 18.3 Å². The van der Waals surface area contributed by atoms with Crippen LogP contribution in [-0.4, -0.2) is 18.4 Å². The van der Waals surface area contributed by atoms with Gasteiger partial charge in [-0.1, -0.05) is 51.8 Å². The second kappa shape index (κ2) is 6.46. The third-order valence-corrected chi connectivity index (χ3v) is 4.76. The van der Waals surface area contributed by atoms with Crippen LogP contribution in [-0.2, 0) is 14.9 Å². The molecule has 1 aliphatic carbocycles. The van der Waals surface area contributed by atoms with Gasteiger partial charge in [0.05, 0.1) is 5.41 Å². The first-order valence-corrected chi connectivity index (χ1v) is 8.40. The molecule has 0 N–H and O–H groups in total. The molecule has 1 aliphatic rings. The van der Waals surface area contributed by atoms with E-state index in [0.717, 1.165) is 22.9 Å². The maximum atomic E-state index is 12.4. The van der Waals surface area contributed by atoms with Crippen LogP contribution in [0.4, 0.5) is 0 Å².